The van der Waals surface area contributed by atoms with E-state index in [2.05, 4.69) is 10.3 Å². The normalized spacial score (nSPS) is 12.1. The van der Waals surface area contributed by atoms with E-state index in [1.54, 1.807) is 24.3 Å². The van der Waals surface area contributed by atoms with Gasteiger partial charge in [0.1, 0.15) is 11.9 Å². The first-order chi connectivity index (χ1) is 10.0. The van der Waals surface area contributed by atoms with Gasteiger partial charge >= 0.3 is 0 Å². The summed E-state index contributed by atoms with van der Waals surface area (Å²) in [5.74, 6) is -0.387. The highest BCUT2D eigenvalue weighted by atomic mass is 35.5. The van der Waals surface area contributed by atoms with Gasteiger partial charge in [-0.2, -0.15) is 0 Å². The third kappa shape index (κ3) is 7.28. The van der Waals surface area contributed by atoms with E-state index in [-0.39, 0.29) is 24.2 Å². The minimum absolute atomic E-state index is 0. The zero-order chi connectivity index (χ0) is 15.7. The maximum Gasteiger partial charge on any atom is 0.251 e. The number of nitrogens with two attached hydrogens (primary N) is 2. The molecule has 0 saturated heterocycles. The summed E-state index contributed by atoms with van der Waals surface area (Å²) in [4.78, 5) is 27.3. The summed E-state index contributed by atoms with van der Waals surface area (Å²) in [5.41, 5.74) is 11.2. The Balaban J connectivity index is 0.00000441. The van der Waals surface area contributed by atoms with Gasteiger partial charge in [-0.05, 0) is 25.0 Å². The number of rotatable bonds is 8. The molecular weight excluding hydrogens is 327 g/mol. The number of primary amides is 1. The first-order valence-electron chi connectivity index (χ1n) is 6.54. The highest BCUT2D eigenvalue weighted by Crippen LogP contribution is 2.02. The Kier molecular flexibility index (Phi) is 9.98. The van der Waals surface area contributed by atoms with Crippen LogP contribution in [0.3, 0.4) is 0 Å². The number of amides is 2. The second-order valence-corrected chi connectivity index (χ2v) is 4.71. The van der Waals surface area contributed by atoms with E-state index in [1.165, 1.54) is 0 Å². The first kappa shape index (κ1) is 20.2. The lowest BCUT2D eigenvalue weighted by atomic mass is 10.1. The minimum Gasteiger partial charge on any atom is -0.386 e. The van der Waals surface area contributed by atoms with Crippen LogP contribution >= 0.6 is 24.0 Å². The molecule has 0 aromatic heterocycles. The Hall–Kier alpha value is -1.79. The van der Waals surface area contributed by atoms with Crippen molar-refractivity contribution in [3.05, 3.63) is 35.9 Å². The monoisotopic (exact) mass is 346 g/mol. The highest BCUT2D eigenvalue weighted by Gasteiger charge is 2.18. The van der Waals surface area contributed by atoms with Crippen molar-refractivity contribution in [1.82, 2.24) is 5.32 Å². The van der Waals surface area contributed by atoms with Crippen molar-refractivity contribution in [2.75, 3.05) is 12.4 Å². The van der Waals surface area contributed by atoms with Gasteiger partial charge in [-0.3, -0.25) is 14.6 Å². The van der Waals surface area contributed by atoms with Crippen LogP contribution in [0.1, 0.15) is 23.2 Å². The first-order valence-corrected chi connectivity index (χ1v) is 7.08. The average Bonchev–Trinajstić information content (AvgIpc) is 2.50. The summed E-state index contributed by atoms with van der Waals surface area (Å²) in [5, 5.41) is 2.62. The van der Waals surface area contributed by atoms with Gasteiger partial charge in [0.25, 0.3) is 5.91 Å². The Bertz CT molecular complexity index is 509. The standard InChI is InChI=1S/C14H19ClN4O2.ClH/c15-9-12(16)18-8-4-7-11(13(17)20)19-14(21)10-5-2-1-3-6-10;/h1-3,5-6,11H,4,7-9H2,(H2,16,18)(H2,17,20)(H,19,21);1H/t11-;/m0./s1. The molecule has 1 atom stereocenters. The van der Waals surface area contributed by atoms with Crippen molar-refractivity contribution in [2.45, 2.75) is 18.9 Å². The van der Waals surface area contributed by atoms with Crippen LogP contribution < -0.4 is 16.8 Å². The van der Waals surface area contributed by atoms with E-state index in [0.29, 0.717) is 30.8 Å². The molecule has 0 aliphatic carbocycles. The second-order valence-electron chi connectivity index (χ2n) is 4.44. The molecule has 6 nitrogen and oxygen atoms in total. The topological polar surface area (TPSA) is 111 Å². The Morgan fingerprint density at radius 1 is 1.23 bits per heavy atom. The van der Waals surface area contributed by atoms with Crippen LogP contribution in [0.25, 0.3) is 0 Å². The summed E-state index contributed by atoms with van der Waals surface area (Å²) < 4.78 is 0. The third-order valence-corrected chi connectivity index (χ3v) is 3.06. The van der Waals surface area contributed by atoms with Crippen molar-refractivity contribution in [3.8, 4) is 0 Å². The number of halogens is 2. The summed E-state index contributed by atoms with van der Waals surface area (Å²) in [6.07, 6.45) is 0.966. The molecule has 5 N–H and O–H groups in total. The van der Waals surface area contributed by atoms with Crippen molar-refractivity contribution < 1.29 is 9.59 Å². The molecule has 0 heterocycles. The van der Waals surface area contributed by atoms with Crippen LogP contribution in [0.15, 0.2) is 35.3 Å². The third-order valence-electron chi connectivity index (χ3n) is 2.79. The molecule has 2 amide bonds. The quantitative estimate of drug-likeness (QED) is 0.283. The molecule has 0 spiro atoms. The van der Waals surface area contributed by atoms with Crippen LogP contribution in [-0.4, -0.2) is 36.1 Å². The molecule has 0 aliphatic heterocycles. The Labute approximate surface area is 140 Å². The molecule has 0 saturated carbocycles. The number of carbonyl (C=O) groups is 2. The molecule has 22 heavy (non-hydrogen) atoms. The smallest absolute Gasteiger partial charge is 0.251 e. The van der Waals surface area contributed by atoms with Gasteiger partial charge in [-0.1, -0.05) is 18.2 Å². The molecule has 0 unspecified atom stereocenters. The molecule has 1 aromatic rings. The minimum atomic E-state index is -0.731. The number of carbonyl (C=O) groups excluding carboxylic acids is 2. The van der Waals surface area contributed by atoms with Gasteiger partial charge in [0.05, 0.1) is 5.88 Å². The predicted molar refractivity (Wildman–Crippen MR) is 90.6 cm³/mol. The second kappa shape index (κ2) is 10.9. The van der Waals surface area contributed by atoms with E-state index < -0.39 is 11.9 Å². The van der Waals surface area contributed by atoms with Gasteiger partial charge in [-0.25, -0.2) is 0 Å². The van der Waals surface area contributed by atoms with Gasteiger partial charge < -0.3 is 16.8 Å². The van der Waals surface area contributed by atoms with E-state index in [4.69, 9.17) is 23.1 Å². The van der Waals surface area contributed by atoms with E-state index in [1.807, 2.05) is 6.07 Å². The number of alkyl halides is 1. The molecule has 0 radical (unpaired) electrons. The Morgan fingerprint density at radius 3 is 2.41 bits per heavy atom. The number of nitrogens with one attached hydrogen (secondary N) is 1. The predicted octanol–water partition coefficient (Wildman–Crippen LogP) is 1.07. The number of aliphatic imine (C=N–C) groups is 1. The van der Waals surface area contributed by atoms with Crippen molar-refractivity contribution in [1.29, 1.82) is 0 Å². The molecule has 0 fully saturated rings. The number of amidine groups is 1. The van der Waals surface area contributed by atoms with Crippen LogP contribution in [0.2, 0.25) is 0 Å². The molecular formula is C14H20Cl2N4O2. The van der Waals surface area contributed by atoms with E-state index >= 15 is 0 Å². The summed E-state index contributed by atoms with van der Waals surface area (Å²) in [7, 11) is 0. The number of hydrogen-bond donors (Lipinski definition) is 3. The van der Waals surface area contributed by atoms with E-state index in [0.717, 1.165) is 0 Å². The summed E-state index contributed by atoms with van der Waals surface area (Å²) in [6.45, 7) is 0.434. The SMILES string of the molecule is Cl.NC(=O)[C@H](CCCN=C(N)CCl)NC(=O)c1ccccc1. The van der Waals surface area contributed by atoms with Crippen LogP contribution in [-0.2, 0) is 4.79 Å². The van der Waals surface area contributed by atoms with Crippen molar-refractivity contribution >= 4 is 41.7 Å². The Morgan fingerprint density at radius 2 is 1.86 bits per heavy atom. The highest BCUT2D eigenvalue weighted by molar-refractivity contribution is 6.27. The number of benzene rings is 1. The van der Waals surface area contributed by atoms with Gasteiger partial charge in [-0.15, -0.1) is 24.0 Å². The molecule has 0 bridgehead atoms. The fraction of sp³-hybridized carbons (Fsp3) is 0.357. The lowest BCUT2D eigenvalue weighted by Gasteiger charge is -2.15. The van der Waals surface area contributed by atoms with Crippen molar-refractivity contribution in [2.24, 2.45) is 16.5 Å². The molecule has 1 aromatic carbocycles. The molecule has 0 aliphatic rings. The maximum atomic E-state index is 12.0. The lowest BCUT2D eigenvalue weighted by molar-refractivity contribution is -0.120. The van der Waals surface area contributed by atoms with Gasteiger partial charge in [0, 0.05) is 12.1 Å². The zero-order valence-corrected chi connectivity index (χ0v) is 13.6. The number of nitrogens with zero attached hydrogens (tertiary/aromatic N) is 1. The zero-order valence-electron chi connectivity index (χ0n) is 12.0. The lowest BCUT2D eigenvalue weighted by Crippen LogP contribution is -2.44. The maximum absolute atomic E-state index is 12.0. The van der Waals surface area contributed by atoms with Crippen LogP contribution in [0.5, 0.6) is 0 Å². The molecule has 1 rings (SSSR count). The van der Waals surface area contributed by atoms with Gasteiger partial charge in [0.2, 0.25) is 5.91 Å². The fourth-order valence-corrected chi connectivity index (χ4v) is 1.76. The van der Waals surface area contributed by atoms with Crippen molar-refractivity contribution in [3.63, 3.8) is 0 Å². The fourth-order valence-electron chi connectivity index (χ4n) is 1.68. The van der Waals surface area contributed by atoms with Crippen LogP contribution in [0.4, 0.5) is 0 Å². The largest absolute Gasteiger partial charge is 0.386 e. The molecule has 122 valence electrons. The summed E-state index contributed by atoms with van der Waals surface area (Å²) in [6, 6.07) is 7.90. The van der Waals surface area contributed by atoms with E-state index in [9.17, 15) is 9.59 Å². The van der Waals surface area contributed by atoms with Gasteiger partial charge in [0.15, 0.2) is 0 Å². The summed E-state index contributed by atoms with van der Waals surface area (Å²) >= 11 is 5.49. The number of hydrogen-bond acceptors (Lipinski definition) is 3. The average molecular weight is 347 g/mol. The van der Waals surface area contributed by atoms with Crippen LogP contribution in [0, 0.1) is 0 Å². The molecule has 8 heteroatoms.